The smallest absolute Gasteiger partial charge is 0.286 e. The molecule has 2 bridgehead atoms. The van der Waals surface area contributed by atoms with Crippen LogP contribution in [0.3, 0.4) is 0 Å². The Labute approximate surface area is 322 Å². The number of halogens is 1. The zero-order chi connectivity index (χ0) is 37.8. The van der Waals surface area contributed by atoms with Gasteiger partial charge in [0.15, 0.2) is 11.5 Å². The summed E-state index contributed by atoms with van der Waals surface area (Å²) in [6.45, 7) is 4.08. The van der Waals surface area contributed by atoms with Crippen molar-refractivity contribution in [2.45, 2.75) is 57.0 Å². The van der Waals surface area contributed by atoms with Crippen molar-refractivity contribution in [3.63, 3.8) is 0 Å². The number of amides is 1. The zero-order valence-corrected chi connectivity index (χ0v) is 33.2. The lowest BCUT2D eigenvalue weighted by molar-refractivity contribution is 0.0131. The Morgan fingerprint density at radius 3 is 2.78 bits per heavy atom. The number of methoxy groups -OCH3 is 1. The maximum absolute atomic E-state index is 15.1. The Balaban J connectivity index is 1.23. The molecule has 1 saturated carbocycles. The van der Waals surface area contributed by atoms with E-state index in [2.05, 4.69) is 48.4 Å². The van der Waals surface area contributed by atoms with Gasteiger partial charge in [0.05, 0.1) is 29.5 Å². The van der Waals surface area contributed by atoms with E-state index >= 15 is 4.21 Å². The van der Waals surface area contributed by atoms with Gasteiger partial charge in [-0.2, -0.15) is 15.1 Å². The Hall–Kier alpha value is -4.20. The summed E-state index contributed by atoms with van der Waals surface area (Å²) in [7, 11) is 3.83. The van der Waals surface area contributed by atoms with Gasteiger partial charge in [-0.3, -0.25) is 14.2 Å². The second-order valence-electron chi connectivity index (χ2n) is 15.9. The second kappa shape index (κ2) is 14.5. The van der Waals surface area contributed by atoms with E-state index in [1.165, 1.54) is 11.1 Å². The van der Waals surface area contributed by atoms with Gasteiger partial charge in [-0.1, -0.05) is 36.7 Å². The lowest BCUT2D eigenvalue weighted by atomic mass is 9.68. The van der Waals surface area contributed by atoms with E-state index in [1.807, 2.05) is 39.2 Å². The highest BCUT2D eigenvalue weighted by Crippen LogP contribution is 2.47. The number of nitrogens with one attached hydrogen (secondary N) is 1. The lowest BCUT2D eigenvalue weighted by Gasteiger charge is -2.46. The minimum atomic E-state index is -3.41. The van der Waals surface area contributed by atoms with E-state index in [0.717, 1.165) is 61.7 Å². The molecule has 0 radical (unpaired) electrons. The topological polar surface area (TPSA) is 127 Å². The number of allylic oxidation sites excluding steroid dienone is 1. The molecule has 2 aliphatic heterocycles. The summed E-state index contributed by atoms with van der Waals surface area (Å²) in [6, 6.07) is 11.8. The Bertz CT molecular complexity index is 2250. The zero-order valence-electron chi connectivity index (χ0n) is 31.6. The first-order valence-corrected chi connectivity index (χ1v) is 20.9. The number of rotatable bonds is 4. The van der Waals surface area contributed by atoms with Crippen molar-refractivity contribution >= 4 is 55.9 Å². The van der Waals surface area contributed by atoms with E-state index in [9.17, 15) is 4.79 Å². The van der Waals surface area contributed by atoms with Gasteiger partial charge in [-0.15, -0.1) is 4.36 Å². The molecule has 0 saturated heterocycles. The Kier molecular flexibility index (Phi) is 9.85. The summed E-state index contributed by atoms with van der Waals surface area (Å²) in [6.07, 6.45) is 11.9. The van der Waals surface area contributed by atoms with E-state index in [-0.39, 0.29) is 23.2 Å². The summed E-state index contributed by atoms with van der Waals surface area (Å²) in [4.78, 5) is 27.7. The number of fused-ring (bicyclic) bond motifs is 5. The molecule has 1 N–H and O–H groups in total. The van der Waals surface area contributed by atoms with Crippen LogP contribution in [-0.4, -0.2) is 82.6 Å². The highest BCUT2D eigenvalue weighted by atomic mass is 35.5. The van der Waals surface area contributed by atoms with Crippen molar-refractivity contribution in [1.82, 2.24) is 19.7 Å². The van der Waals surface area contributed by atoms with E-state index in [0.29, 0.717) is 53.2 Å². The van der Waals surface area contributed by atoms with Crippen LogP contribution >= 0.6 is 11.6 Å². The van der Waals surface area contributed by atoms with Crippen molar-refractivity contribution in [3.05, 3.63) is 76.5 Å². The number of ether oxygens (including phenoxy) is 2. The summed E-state index contributed by atoms with van der Waals surface area (Å²) in [5, 5.41) is 5.82. The molecule has 12 nitrogen and oxygen atoms in total. The molecule has 1 unspecified atom stereocenters. The monoisotopic (exact) mass is 772 g/mol. The fourth-order valence-electron chi connectivity index (χ4n) is 8.80. The first-order chi connectivity index (χ1) is 25.9. The van der Waals surface area contributed by atoms with Crippen LogP contribution in [0.5, 0.6) is 5.75 Å². The molecule has 4 aromatic rings. The average molecular weight is 773 g/mol. The first kappa shape index (κ1) is 36.8. The molecular formula is C40H49ClN8O4S. The predicted molar refractivity (Wildman–Crippen MR) is 214 cm³/mol. The lowest BCUT2D eigenvalue weighted by Crippen LogP contribution is -2.49. The molecule has 1 fully saturated rings. The van der Waals surface area contributed by atoms with Crippen LogP contribution in [0.25, 0.3) is 11.0 Å². The van der Waals surface area contributed by atoms with Gasteiger partial charge in [-0.25, -0.2) is 4.21 Å². The van der Waals surface area contributed by atoms with Gasteiger partial charge in [-0.05, 0) is 97.7 Å². The molecule has 6 atom stereocenters. The molecule has 4 aliphatic rings. The van der Waals surface area contributed by atoms with Crippen molar-refractivity contribution in [2.75, 3.05) is 61.2 Å². The minimum Gasteiger partial charge on any atom is -0.490 e. The fourth-order valence-corrected chi connectivity index (χ4v) is 10.9. The number of benzene rings is 2. The number of aryl methyl sites for hydroxylation is 2. The van der Waals surface area contributed by atoms with Crippen LogP contribution in [0.4, 0.5) is 17.5 Å². The van der Waals surface area contributed by atoms with Crippen molar-refractivity contribution in [3.8, 4) is 5.75 Å². The van der Waals surface area contributed by atoms with Crippen LogP contribution in [-0.2, 0) is 33.5 Å². The SMILES string of the molecule is CO[C@H]1/C=C\C[C@H](C)CS(=O)(Nc2nc(N(C)C)nc3nn(C)cc23)=NC(=O)c2ccc3c(c2)N(C[C@@H]2CC[C@H]21)C[C@@]1(CCCc2cc(Cl)ccc21)CO3. The van der Waals surface area contributed by atoms with Crippen molar-refractivity contribution < 1.29 is 18.5 Å². The molecule has 4 heterocycles. The Morgan fingerprint density at radius 2 is 2.00 bits per heavy atom. The third-order valence-corrected chi connectivity index (χ3v) is 13.9. The Morgan fingerprint density at radius 1 is 1.15 bits per heavy atom. The quantitative estimate of drug-likeness (QED) is 0.222. The van der Waals surface area contributed by atoms with Crippen LogP contribution in [0.15, 0.2) is 59.1 Å². The van der Waals surface area contributed by atoms with Gasteiger partial charge in [0, 0.05) is 63.5 Å². The average Bonchev–Trinajstić information content (AvgIpc) is 3.43. The normalized spacial score (nSPS) is 28.9. The van der Waals surface area contributed by atoms with Gasteiger partial charge in [0.25, 0.3) is 5.91 Å². The first-order valence-electron chi connectivity index (χ1n) is 18.9. The third-order valence-electron chi connectivity index (χ3n) is 11.7. The molecule has 1 spiro atoms. The van der Waals surface area contributed by atoms with Gasteiger partial charge in [0.1, 0.15) is 15.7 Å². The predicted octanol–water partition coefficient (Wildman–Crippen LogP) is 6.83. The van der Waals surface area contributed by atoms with E-state index in [4.69, 9.17) is 26.1 Å². The molecule has 2 aromatic carbocycles. The molecular weight excluding hydrogens is 724 g/mol. The third kappa shape index (κ3) is 7.06. The number of nitrogens with zero attached hydrogens (tertiary/aromatic N) is 7. The maximum atomic E-state index is 15.1. The number of anilines is 3. The number of hydrogen-bond donors (Lipinski definition) is 1. The van der Waals surface area contributed by atoms with E-state index < -0.39 is 15.8 Å². The highest BCUT2D eigenvalue weighted by molar-refractivity contribution is 7.95. The van der Waals surface area contributed by atoms with Gasteiger partial charge in [0.2, 0.25) is 5.95 Å². The van der Waals surface area contributed by atoms with Crippen LogP contribution in [0.1, 0.15) is 60.5 Å². The molecule has 8 rings (SSSR count). The van der Waals surface area contributed by atoms with Crippen LogP contribution < -0.4 is 19.3 Å². The van der Waals surface area contributed by atoms with Crippen LogP contribution in [0.2, 0.25) is 5.02 Å². The summed E-state index contributed by atoms with van der Waals surface area (Å²) >= 11 is 6.49. The number of aromatic nitrogens is 4. The largest absolute Gasteiger partial charge is 0.490 e. The summed E-state index contributed by atoms with van der Waals surface area (Å²) in [5.74, 6) is 1.66. The molecule has 286 valence electrons. The molecule has 14 heteroatoms. The molecule has 1 amide bonds. The number of carbonyl (C=O) groups excluding carboxylic acids is 1. The van der Waals surface area contributed by atoms with Crippen molar-refractivity contribution in [1.29, 1.82) is 0 Å². The highest BCUT2D eigenvalue weighted by Gasteiger charge is 2.44. The van der Waals surface area contributed by atoms with Gasteiger partial charge >= 0.3 is 0 Å². The fraction of sp³-hybridized carbons (Fsp3) is 0.500. The number of carbonyl (C=O) groups is 1. The standard InChI is InChI=1S/C40H49ClN8O4S/c1-25-8-6-10-34(52-5)30-14-11-28(30)20-49-23-40(17-7-9-26-18-29(41)13-15-32(26)40)24-53-35-16-12-27(19-33(35)49)38(50)46-54(51,22-25)45-37-31-21-48(4)44-36(31)42-39(43-37)47(2)3/h6,10,12-13,15-16,18-19,21,25,28,30,34H,7-9,11,14,17,20,22-24H2,1-5H3,(H,42,43,44,45,46,50,51)/b10-6-/t25-,28-,30+,34-,40-,54?/m0/s1. The summed E-state index contributed by atoms with van der Waals surface area (Å²) < 4.78 is 37.2. The van der Waals surface area contributed by atoms with Crippen molar-refractivity contribution in [2.24, 2.45) is 29.2 Å². The van der Waals surface area contributed by atoms with E-state index in [1.54, 1.807) is 36.0 Å². The second-order valence-corrected chi connectivity index (χ2v) is 18.3. The molecule has 2 aliphatic carbocycles. The van der Waals surface area contributed by atoms with Crippen LogP contribution in [0, 0.1) is 17.8 Å². The van der Waals surface area contributed by atoms with Gasteiger partial charge < -0.3 is 19.3 Å². The molecule has 2 aromatic heterocycles. The minimum absolute atomic E-state index is 0.0394. The number of hydrogen-bond acceptors (Lipinski definition) is 9. The summed E-state index contributed by atoms with van der Waals surface area (Å²) in [5.41, 5.74) is 3.97. The molecule has 54 heavy (non-hydrogen) atoms. The maximum Gasteiger partial charge on any atom is 0.286 e.